The van der Waals surface area contributed by atoms with Crippen molar-refractivity contribution in [1.82, 2.24) is 0 Å². The molecule has 0 spiro atoms. The lowest BCUT2D eigenvalue weighted by Gasteiger charge is -2.24. The van der Waals surface area contributed by atoms with Crippen LogP contribution in [0.2, 0.25) is 5.02 Å². The van der Waals surface area contributed by atoms with Gasteiger partial charge in [0.1, 0.15) is 6.54 Å². The van der Waals surface area contributed by atoms with Crippen LogP contribution in [0.4, 0.5) is 17.1 Å². The summed E-state index contributed by atoms with van der Waals surface area (Å²) in [6.07, 6.45) is 0. The number of non-ortho nitro benzene ring substituents is 1. The number of carbonyl (C=O) groups excluding carboxylic acids is 1. The molecule has 0 saturated carbocycles. The Morgan fingerprint density at radius 3 is 2.30 bits per heavy atom. The van der Waals surface area contributed by atoms with E-state index < -0.39 is 27.4 Å². The second-order valence-corrected chi connectivity index (χ2v) is 8.46. The predicted octanol–water partition coefficient (Wildman–Crippen LogP) is 4.08. The van der Waals surface area contributed by atoms with E-state index in [1.807, 2.05) is 0 Å². The maximum absolute atomic E-state index is 13.2. The molecular weight excluding hydrogens is 430 g/mol. The minimum absolute atomic E-state index is 0.000640. The van der Waals surface area contributed by atoms with Crippen LogP contribution in [-0.4, -0.2) is 25.8 Å². The molecule has 10 heteroatoms. The Kier molecular flexibility index (Phi) is 6.34. The number of halogens is 1. The Hall–Kier alpha value is -3.43. The van der Waals surface area contributed by atoms with E-state index >= 15 is 0 Å². The summed E-state index contributed by atoms with van der Waals surface area (Å²) < 4.78 is 27.2. The number of nitrogens with one attached hydrogen (secondary N) is 1. The van der Waals surface area contributed by atoms with Crippen LogP contribution in [0.5, 0.6) is 0 Å². The summed E-state index contributed by atoms with van der Waals surface area (Å²) in [5.74, 6) is -0.622. The Balaban J connectivity index is 1.97. The molecule has 0 aromatic heterocycles. The number of rotatable bonds is 7. The van der Waals surface area contributed by atoms with Crippen molar-refractivity contribution in [2.24, 2.45) is 0 Å². The molecule has 0 heterocycles. The van der Waals surface area contributed by atoms with Crippen LogP contribution >= 0.6 is 11.6 Å². The molecule has 0 aliphatic heterocycles. The lowest BCUT2D eigenvalue weighted by atomic mass is 10.3. The predicted molar refractivity (Wildman–Crippen MR) is 114 cm³/mol. The number of nitrogens with zero attached hydrogens (tertiary/aromatic N) is 2. The summed E-state index contributed by atoms with van der Waals surface area (Å²) in [5.41, 5.74) is 0.138. The normalized spacial score (nSPS) is 11.0. The molecule has 3 aromatic rings. The summed E-state index contributed by atoms with van der Waals surface area (Å²) in [6, 6.07) is 18.9. The molecule has 0 fully saturated rings. The van der Waals surface area contributed by atoms with Crippen LogP contribution in [0.25, 0.3) is 0 Å². The van der Waals surface area contributed by atoms with Gasteiger partial charge in [0.05, 0.1) is 15.5 Å². The fraction of sp³-hybridized carbons (Fsp3) is 0.0500. The monoisotopic (exact) mass is 445 g/mol. The molecule has 8 nitrogen and oxygen atoms in total. The molecule has 0 aliphatic carbocycles. The third kappa shape index (κ3) is 4.94. The zero-order chi connectivity index (χ0) is 21.7. The van der Waals surface area contributed by atoms with Gasteiger partial charge in [-0.2, -0.15) is 0 Å². The summed E-state index contributed by atoms with van der Waals surface area (Å²) in [7, 11) is -4.16. The maximum atomic E-state index is 13.2. The van der Waals surface area contributed by atoms with Crippen molar-refractivity contribution >= 4 is 44.6 Å². The fourth-order valence-electron chi connectivity index (χ4n) is 2.66. The van der Waals surface area contributed by atoms with E-state index in [9.17, 15) is 23.3 Å². The Bertz CT molecular complexity index is 1170. The first-order valence-corrected chi connectivity index (χ1v) is 10.5. The highest BCUT2D eigenvalue weighted by Crippen LogP contribution is 2.27. The Morgan fingerprint density at radius 2 is 1.67 bits per heavy atom. The molecule has 0 unspecified atom stereocenters. The van der Waals surface area contributed by atoms with Crippen molar-refractivity contribution in [2.45, 2.75) is 4.90 Å². The number of anilines is 2. The first-order valence-electron chi connectivity index (χ1n) is 8.65. The summed E-state index contributed by atoms with van der Waals surface area (Å²) in [4.78, 5) is 23.0. The quantitative estimate of drug-likeness (QED) is 0.435. The van der Waals surface area contributed by atoms with Gasteiger partial charge in [0, 0.05) is 22.8 Å². The highest BCUT2D eigenvalue weighted by Gasteiger charge is 2.28. The SMILES string of the molecule is O=C(CN(c1cccc([N+](=O)[O-])c1)S(=O)(=O)c1ccccc1)Nc1ccc(Cl)cc1. The average Bonchev–Trinajstić information content (AvgIpc) is 2.74. The molecule has 0 atom stereocenters. The fourth-order valence-corrected chi connectivity index (χ4v) is 4.22. The second kappa shape index (κ2) is 8.93. The first-order chi connectivity index (χ1) is 14.3. The van der Waals surface area contributed by atoms with Gasteiger partial charge in [-0.15, -0.1) is 0 Å². The van der Waals surface area contributed by atoms with E-state index in [2.05, 4.69) is 5.32 Å². The van der Waals surface area contributed by atoms with Gasteiger partial charge in [-0.05, 0) is 42.5 Å². The van der Waals surface area contributed by atoms with Crippen LogP contribution in [-0.2, 0) is 14.8 Å². The van der Waals surface area contributed by atoms with Crippen LogP contribution in [0.15, 0.2) is 83.8 Å². The van der Waals surface area contributed by atoms with Crippen LogP contribution in [0.3, 0.4) is 0 Å². The molecule has 0 saturated heterocycles. The molecule has 30 heavy (non-hydrogen) atoms. The number of hydrogen-bond acceptors (Lipinski definition) is 5. The summed E-state index contributed by atoms with van der Waals surface area (Å²) in [5, 5.41) is 14.2. The minimum Gasteiger partial charge on any atom is -0.325 e. The van der Waals surface area contributed by atoms with Crippen molar-refractivity contribution in [3.63, 3.8) is 0 Å². The van der Waals surface area contributed by atoms with Crippen molar-refractivity contribution in [3.8, 4) is 0 Å². The maximum Gasteiger partial charge on any atom is 0.271 e. The smallest absolute Gasteiger partial charge is 0.271 e. The number of benzene rings is 3. The van der Waals surface area contributed by atoms with Crippen molar-refractivity contribution in [3.05, 3.63) is 94.0 Å². The van der Waals surface area contributed by atoms with Gasteiger partial charge in [0.25, 0.3) is 15.7 Å². The van der Waals surface area contributed by atoms with Gasteiger partial charge < -0.3 is 5.32 Å². The lowest BCUT2D eigenvalue weighted by Crippen LogP contribution is -2.38. The number of carbonyl (C=O) groups is 1. The molecule has 154 valence electrons. The van der Waals surface area contributed by atoms with Gasteiger partial charge in [0.2, 0.25) is 5.91 Å². The molecular formula is C20H16ClN3O5S. The Labute approximate surface area is 177 Å². The molecule has 1 amide bonds. The van der Waals surface area contributed by atoms with Crippen molar-refractivity contribution in [1.29, 1.82) is 0 Å². The standard InChI is InChI=1S/C20H16ClN3O5S/c21-15-9-11-16(12-10-15)22-20(25)14-23(17-5-4-6-18(13-17)24(26)27)30(28,29)19-7-2-1-3-8-19/h1-13H,14H2,(H,22,25). The average molecular weight is 446 g/mol. The molecule has 1 N–H and O–H groups in total. The molecule has 3 rings (SSSR count). The third-order valence-electron chi connectivity index (χ3n) is 4.07. The molecule has 0 bridgehead atoms. The summed E-state index contributed by atoms with van der Waals surface area (Å²) >= 11 is 5.83. The Morgan fingerprint density at radius 1 is 1.00 bits per heavy atom. The van der Waals surface area contributed by atoms with E-state index in [-0.39, 0.29) is 16.3 Å². The van der Waals surface area contributed by atoms with Crippen LogP contribution in [0, 0.1) is 10.1 Å². The first kappa shape index (κ1) is 21.3. The third-order valence-corrected chi connectivity index (χ3v) is 6.11. The molecule has 0 radical (unpaired) electrons. The van der Waals surface area contributed by atoms with E-state index in [4.69, 9.17) is 11.6 Å². The number of nitro groups is 1. The molecule has 0 aliphatic rings. The van der Waals surface area contributed by atoms with Crippen molar-refractivity contribution < 1.29 is 18.1 Å². The number of hydrogen-bond donors (Lipinski definition) is 1. The number of sulfonamides is 1. The number of nitro benzene ring substituents is 1. The largest absolute Gasteiger partial charge is 0.325 e. The minimum atomic E-state index is -4.16. The van der Waals surface area contributed by atoms with Crippen molar-refractivity contribution in [2.75, 3.05) is 16.2 Å². The molecule has 3 aromatic carbocycles. The van der Waals surface area contributed by atoms with Gasteiger partial charge >= 0.3 is 0 Å². The van der Waals surface area contributed by atoms with Gasteiger partial charge in [-0.1, -0.05) is 35.9 Å². The zero-order valence-electron chi connectivity index (χ0n) is 15.4. The second-order valence-electron chi connectivity index (χ2n) is 6.16. The van der Waals surface area contributed by atoms with Crippen LogP contribution < -0.4 is 9.62 Å². The summed E-state index contributed by atoms with van der Waals surface area (Å²) in [6.45, 7) is -0.582. The van der Waals surface area contributed by atoms with Gasteiger partial charge in [-0.25, -0.2) is 8.42 Å². The zero-order valence-corrected chi connectivity index (χ0v) is 17.0. The number of amides is 1. The van der Waals surface area contributed by atoms with E-state index in [0.717, 1.165) is 10.4 Å². The highest BCUT2D eigenvalue weighted by molar-refractivity contribution is 7.92. The highest BCUT2D eigenvalue weighted by atomic mass is 35.5. The lowest BCUT2D eigenvalue weighted by molar-refractivity contribution is -0.384. The van der Waals surface area contributed by atoms with Crippen LogP contribution in [0.1, 0.15) is 0 Å². The van der Waals surface area contributed by atoms with Gasteiger partial charge in [-0.3, -0.25) is 19.2 Å². The van der Waals surface area contributed by atoms with Gasteiger partial charge in [0.15, 0.2) is 0 Å². The van der Waals surface area contributed by atoms with E-state index in [1.165, 1.54) is 30.3 Å². The topological polar surface area (TPSA) is 110 Å². The van der Waals surface area contributed by atoms with E-state index in [1.54, 1.807) is 42.5 Å². The van der Waals surface area contributed by atoms with E-state index in [0.29, 0.717) is 10.7 Å².